The number of urea groups is 1. The first-order valence-corrected chi connectivity index (χ1v) is 7.70. The molecule has 1 rings (SSSR count). The van der Waals surface area contributed by atoms with Crippen molar-refractivity contribution in [2.45, 2.75) is 39.3 Å². The first-order valence-electron chi connectivity index (χ1n) is 7.70. The molecule has 0 aromatic heterocycles. The molecule has 6 nitrogen and oxygen atoms in total. The van der Waals surface area contributed by atoms with Gasteiger partial charge in [0, 0.05) is 25.8 Å². The fraction of sp³-hybridized carbons (Fsp3) is 0.500. The molecule has 2 unspecified atom stereocenters. The van der Waals surface area contributed by atoms with Gasteiger partial charge in [0.15, 0.2) is 11.6 Å². The van der Waals surface area contributed by atoms with Crippen molar-refractivity contribution in [3.63, 3.8) is 0 Å². The summed E-state index contributed by atoms with van der Waals surface area (Å²) in [6, 6.07) is 0.517. The molecule has 8 heteroatoms. The van der Waals surface area contributed by atoms with Gasteiger partial charge in [-0.3, -0.25) is 4.79 Å². The molecule has 1 aromatic rings. The Balaban J connectivity index is 2.70. The summed E-state index contributed by atoms with van der Waals surface area (Å²) < 4.78 is 27.7. The SMILES string of the molecule is CCC(C)NC(=O)C(C)NC(=O)Nc1cc(F)c(N(C)C)c(F)c1. The van der Waals surface area contributed by atoms with Crippen LogP contribution < -0.4 is 20.9 Å². The minimum atomic E-state index is -0.794. The second kappa shape index (κ2) is 8.47. The summed E-state index contributed by atoms with van der Waals surface area (Å²) in [7, 11) is 3.03. The van der Waals surface area contributed by atoms with E-state index >= 15 is 0 Å². The predicted molar refractivity (Wildman–Crippen MR) is 90.2 cm³/mol. The van der Waals surface area contributed by atoms with Gasteiger partial charge in [0.25, 0.3) is 0 Å². The Morgan fingerprint density at radius 3 is 2.12 bits per heavy atom. The molecule has 0 heterocycles. The highest BCUT2D eigenvalue weighted by atomic mass is 19.1. The van der Waals surface area contributed by atoms with Crippen LogP contribution in [-0.2, 0) is 4.79 Å². The highest BCUT2D eigenvalue weighted by Gasteiger charge is 2.18. The van der Waals surface area contributed by atoms with Gasteiger partial charge in [0.1, 0.15) is 11.7 Å². The summed E-state index contributed by atoms with van der Waals surface area (Å²) in [5.74, 6) is -1.92. The molecule has 0 saturated heterocycles. The van der Waals surface area contributed by atoms with Crippen LogP contribution in [0.2, 0.25) is 0 Å². The molecular formula is C16H24F2N4O2. The average molecular weight is 342 g/mol. The molecule has 3 amide bonds. The van der Waals surface area contributed by atoms with Crippen molar-refractivity contribution in [1.29, 1.82) is 0 Å². The van der Waals surface area contributed by atoms with Crippen LogP contribution in [0, 0.1) is 11.6 Å². The fourth-order valence-electron chi connectivity index (χ4n) is 1.96. The second-order valence-electron chi connectivity index (χ2n) is 5.82. The van der Waals surface area contributed by atoms with Gasteiger partial charge in [-0.15, -0.1) is 0 Å². The molecule has 0 fully saturated rings. The Kier molecular flexibility index (Phi) is 6.94. The second-order valence-corrected chi connectivity index (χ2v) is 5.82. The van der Waals surface area contributed by atoms with Crippen LogP contribution in [0.15, 0.2) is 12.1 Å². The Morgan fingerprint density at radius 2 is 1.67 bits per heavy atom. The first kappa shape index (κ1) is 19.7. The van der Waals surface area contributed by atoms with Crippen LogP contribution in [0.4, 0.5) is 25.0 Å². The molecule has 1 aromatic carbocycles. The minimum absolute atomic E-state index is 0.00780. The molecule has 0 aliphatic rings. The van der Waals surface area contributed by atoms with E-state index in [9.17, 15) is 18.4 Å². The van der Waals surface area contributed by atoms with Gasteiger partial charge >= 0.3 is 6.03 Å². The maximum absolute atomic E-state index is 13.9. The molecule has 3 N–H and O–H groups in total. The Hall–Kier alpha value is -2.38. The maximum atomic E-state index is 13.9. The Morgan fingerprint density at radius 1 is 1.12 bits per heavy atom. The molecule has 24 heavy (non-hydrogen) atoms. The average Bonchev–Trinajstić information content (AvgIpc) is 2.45. The number of carbonyl (C=O) groups is 2. The molecule has 0 bridgehead atoms. The van der Waals surface area contributed by atoms with Crippen molar-refractivity contribution in [1.82, 2.24) is 10.6 Å². The van der Waals surface area contributed by atoms with Crippen molar-refractivity contribution in [2.75, 3.05) is 24.3 Å². The number of hydrogen-bond acceptors (Lipinski definition) is 3. The minimum Gasteiger partial charge on any atom is -0.373 e. The van der Waals surface area contributed by atoms with Crippen LogP contribution in [0.3, 0.4) is 0 Å². The number of nitrogens with one attached hydrogen (secondary N) is 3. The van der Waals surface area contributed by atoms with Crippen LogP contribution in [0.1, 0.15) is 27.2 Å². The van der Waals surface area contributed by atoms with E-state index in [1.165, 1.54) is 25.9 Å². The van der Waals surface area contributed by atoms with Gasteiger partial charge in [-0.05, 0) is 32.4 Å². The van der Waals surface area contributed by atoms with Crippen molar-refractivity contribution < 1.29 is 18.4 Å². The molecular weight excluding hydrogens is 318 g/mol. The highest BCUT2D eigenvalue weighted by molar-refractivity contribution is 5.93. The monoisotopic (exact) mass is 342 g/mol. The zero-order chi connectivity index (χ0) is 18.4. The topological polar surface area (TPSA) is 73.5 Å². The van der Waals surface area contributed by atoms with Gasteiger partial charge in [-0.25, -0.2) is 13.6 Å². The smallest absolute Gasteiger partial charge is 0.319 e. The lowest BCUT2D eigenvalue weighted by molar-refractivity contribution is -0.123. The van der Waals surface area contributed by atoms with Crippen LogP contribution >= 0.6 is 0 Å². The van der Waals surface area contributed by atoms with Gasteiger partial charge in [-0.1, -0.05) is 6.92 Å². The van der Waals surface area contributed by atoms with E-state index < -0.39 is 23.7 Å². The number of amides is 3. The number of nitrogens with zero attached hydrogens (tertiary/aromatic N) is 1. The lowest BCUT2D eigenvalue weighted by atomic mass is 10.2. The van der Waals surface area contributed by atoms with Crippen LogP contribution in [0.5, 0.6) is 0 Å². The number of anilines is 2. The Bertz CT molecular complexity index is 585. The lowest BCUT2D eigenvalue weighted by Gasteiger charge is -2.18. The largest absolute Gasteiger partial charge is 0.373 e. The summed E-state index contributed by atoms with van der Waals surface area (Å²) in [6.45, 7) is 5.30. The van der Waals surface area contributed by atoms with Crippen LogP contribution in [0.25, 0.3) is 0 Å². The summed E-state index contributed by atoms with van der Waals surface area (Å²) >= 11 is 0. The standard InChI is InChI=1S/C16H24F2N4O2/c1-6-9(2)19-15(23)10(3)20-16(24)21-11-7-12(17)14(22(4)5)13(18)8-11/h7-10H,6H2,1-5H3,(H,19,23)(H2,20,21,24). The molecule has 134 valence electrons. The van der Waals surface area contributed by atoms with Gasteiger partial charge in [0.2, 0.25) is 5.91 Å². The van der Waals surface area contributed by atoms with Crippen molar-refractivity contribution in [3.8, 4) is 0 Å². The zero-order valence-electron chi connectivity index (χ0n) is 14.5. The molecule has 2 atom stereocenters. The summed E-state index contributed by atoms with van der Waals surface area (Å²) in [5.41, 5.74) is -0.232. The highest BCUT2D eigenvalue weighted by Crippen LogP contribution is 2.25. The predicted octanol–water partition coefficient (Wildman–Crippen LogP) is 2.46. The van der Waals surface area contributed by atoms with E-state index in [0.717, 1.165) is 18.6 Å². The summed E-state index contributed by atoms with van der Waals surface area (Å²) in [5, 5.41) is 7.46. The quantitative estimate of drug-likeness (QED) is 0.743. The van der Waals surface area contributed by atoms with Crippen molar-refractivity contribution in [2.24, 2.45) is 0 Å². The Labute approximate surface area is 140 Å². The van der Waals surface area contributed by atoms with E-state index in [2.05, 4.69) is 16.0 Å². The zero-order valence-corrected chi connectivity index (χ0v) is 14.5. The fourth-order valence-corrected chi connectivity index (χ4v) is 1.96. The van der Waals surface area contributed by atoms with E-state index in [0.29, 0.717) is 0 Å². The van der Waals surface area contributed by atoms with Crippen molar-refractivity contribution >= 4 is 23.3 Å². The van der Waals surface area contributed by atoms with Gasteiger partial charge in [0.05, 0.1) is 0 Å². The number of carbonyl (C=O) groups excluding carboxylic acids is 2. The summed E-state index contributed by atoms with van der Waals surface area (Å²) in [4.78, 5) is 25.0. The van der Waals surface area contributed by atoms with Crippen molar-refractivity contribution in [3.05, 3.63) is 23.8 Å². The maximum Gasteiger partial charge on any atom is 0.319 e. The third kappa shape index (κ3) is 5.36. The molecule has 0 saturated carbocycles. The third-order valence-electron chi connectivity index (χ3n) is 3.46. The summed E-state index contributed by atoms with van der Waals surface area (Å²) in [6.07, 6.45) is 0.765. The first-order chi connectivity index (χ1) is 11.1. The molecule has 0 aliphatic heterocycles. The normalized spacial score (nSPS) is 13.0. The third-order valence-corrected chi connectivity index (χ3v) is 3.46. The molecule has 0 spiro atoms. The van der Waals surface area contributed by atoms with E-state index in [1.54, 1.807) is 0 Å². The number of benzene rings is 1. The number of halogens is 2. The van der Waals surface area contributed by atoms with Gasteiger partial charge < -0.3 is 20.9 Å². The van der Waals surface area contributed by atoms with Crippen LogP contribution in [-0.4, -0.2) is 38.1 Å². The number of hydrogen-bond donors (Lipinski definition) is 3. The van der Waals surface area contributed by atoms with Gasteiger partial charge in [-0.2, -0.15) is 0 Å². The van der Waals surface area contributed by atoms with E-state index in [1.807, 2.05) is 13.8 Å². The molecule has 0 aliphatic carbocycles. The molecule has 0 radical (unpaired) electrons. The number of rotatable bonds is 6. The lowest BCUT2D eigenvalue weighted by Crippen LogP contribution is -2.48. The van der Waals surface area contributed by atoms with E-state index in [-0.39, 0.29) is 23.3 Å². The van der Waals surface area contributed by atoms with E-state index in [4.69, 9.17) is 0 Å².